The number of aromatic carboxylic acids is 1. The Labute approximate surface area is 100.0 Å². The largest absolute Gasteiger partial charge is 0.477 e. The number of carboxylic acids is 1. The molecule has 0 bridgehead atoms. The molecule has 5 nitrogen and oxygen atoms in total. The number of carboxylic acid groups (broad SMARTS) is 1. The number of ether oxygens (including phenoxy) is 1. The summed E-state index contributed by atoms with van der Waals surface area (Å²) in [5.74, 6) is -1.58. The number of carbonyl (C=O) groups excluding carboxylic acids is 1. The van der Waals surface area contributed by atoms with E-state index in [4.69, 9.17) is 9.84 Å². The van der Waals surface area contributed by atoms with Gasteiger partial charge in [-0.3, -0.25) is 0 Å². The normalized spacial score (nSPS) is 10.1. The predicted octanol–water partition coefficient (Wildman–Crippen LogP) is 1.80. The van der Waals surface area contributed by atoms with Crippen molar-refractivity contribution in [1.29, 1.82) is 0 Å². The van der Waals surface area contributed by atoms with Crippen molar-refractivity contribution in [3.8, 4) is 0 Å². The van der Waals surface area contributed by atoms with E-state index in [9.17, 15) is 9.59 Å². The molecule has 0 aromatic carbocycles. The summed E-state index contributed by atoms with van der Waals surface area (Å²) in [4.78, 5) is 24.9. The third kappa shape index (κ3) is 2.31. The molecule has 0 fully saturated rings. The molecular weight excluding hydrogens is 313 g/mol. The van der Waals surface area contributed by atoms with Gasteiger partial charge in [-0.25, -0.2) is 9.59 Å². The van der Waals surface area contributed by atoms with Crippen molar-refractivity contribution < 1.29 is 19.4 Å². The summed E-state index contributed by atoms with van der Waals surface area (Å²) >= 11 is 1.88. The highest BCUT2D eigenvalue weighted by Crippen LogP contribution is 2.21. The minimum atomic E-state index is -1.08. The molecule has 0 aliphatic heterocycles. The van der Waals surface area contributed by atoms with Crippen LogP contribution in [0.5, 0.6) is 0 Å². The van der Waals surface area contributed by atoms with E-state index in [0.29, 0.717) is 14.8 Å². The number of halogens is 1. The Bertz CT molecular complexity index is 410. The van der Waals surface area contributed by atoms with Gasteiger partial charge in [0.15, 0.2) is 0 Å². The number of carbonyl (C=O) groups is 2. The van der Waals surface area contributed by atoms with Crippen LogP contribution >= 0.6 is 22.6 Å². The highest BCUT2D eigenvalue weighted by atomic mass is 127. The molecule has 0 aliphatic carbocycles. The molecule has 0 unspecified atom stereocenters. The van der Waals surface area contributed by atoms with Gasteiger partial charge in [0.25, 0.3) is 0 Å². The average molecular weight is 323 g/mol. The van der Waals surface area contributed by atoms with Crippen molar-refractivity contribution in [3.05, 3.63) is 20.5 Å². The van der Waals surface area contributed by atoms with E-state index >= 15 is 0 Å². The highest BCUT2D eigenvalue weighted by Gasteiger charge is 2.22. The molecular formula is C9H10INO4. The fourth-order valence-corrected chi connectivity index (χ4v) is 2.11. The lowest BCUT2D eigenvalue weighted by Crippen LogP contribution is -2.07. The van der Waals surface area contributed by atoms with Crippen molar-refractivity contribution in [1.82, 2.24) is 4.98 Å². The molecule has 6 heteroatoms. The summed E-state index contributed by atoms with van der Waals surface area (Å²) in [6, 6.07) is 0. The van der Waals surface area contributed by atoms with Crippen molar-refractivity contribution >= 4 is 34.5 Å². The maximum absolute atomic E-state index is 11.5. The number of aromatic amines is 1. The van der Waals surface area contributed by atoms with Crippen LogP contribution in [0.1, 0.15) is 33.3 Å². The Kier molecular flexibility index (Phi) is 3.72. The number of hydrogen-bond acceptors (Lipinski definition) is 3. The van der Waals surface area contributed by atoms with E-state index in [0.717, 1.165) is 0 Å². The van der Waals surface area contributed by atoms with Crippen LogP contribution in [0.15, 0.2) is 0 Å². The molecule has 0 saturated carbocycles. The molecule has 1 aromatic rings. The van der Waals surface area contributed by atoms with Crippen LogP contribution in [0, 0.1) is 10.6 Å². The summed E-state index contributed by atoms with van der Waals surface area (Å²) in [6.07, 6.45) is 0. The number of rotatable bonds is 3. The summed E-state index contributed by atoms with van der Waals surface area (Å²) < 4.78 is 5.31. The SMILES string of the molecule is CCOC(=O)c1c(I)[nH]c(C(=O)O)c1C. The van der Waals surface area contributed by atoms with Crippen molar-refractivity contribution in [2.24, 2.45) is 0 Å². The van der Waals surface area contributed by atoms with E-state index in [1.165, 1.54) is 0 Å². The minimum absolute atomic E-state index is 0.0300. The first-order valence-electron chi connectivity index (χ1n) is 4.27. The first-order chi connectivity index (χ1) is 6.99. The molecule has 15 heavy (non-hydrogen) atoms. The molecule has 0 radical (unpaired) electrons. The van der Waals surface area contributed by atoms with Gasteiger partial charge in [-0.2, -0.15) is 0 Å². The van der Waals surface area contributed by atoms with Gasteiger partial charge in [0.05, 0.1) is 15.9 Å². The maximum atomic E-state index is 11.5. The van der Waals surface area contributed by atoms with E-state index in [1.54, 1.807) is 13.8 Å². The van der Waals surface area contributed by atoms with E-state index in [2.05, 4.69) is 4.98 Å². The molecule has 0 saturated heterocycles. The lowest BCUT2D eigenvalue weighted by Gasteiger charge is -2.00. The number of hydrogen-bond donors (Lipinski definition) is 2. The van der Waals surface area contributed by atoms with Crippen LogP contribution in [-0.4, -0.2) is 28.6 Å². The second-order valence-corrected chi connectivity index (χ2v) is 3.92. The molecule has 0 amide bonds. The number of esters is 1. The Balaban J connectivity index is 3.19. The zero-order valence-corrected chi connectivity index (χ0v) is 10.4. The highest BCUT2D eigenvalue weighted by molar-refractivity contribution is 14.1. The van der Waals surface area contributed by atoms with Gasteiger partial charge in [0, 0.05) is 0 Å². The summed E-state index contributed by atoms with van der Waals surface area (Å²) in [7, 11) is 0. The molecule has 0 aliphatic rings. The Morgan fingerprint density at radius 1 is 1.53 bits per heavy atom. The molecule has 82 valence electrons. The summed E-state index contributed by atoms with van der Waals surface area (Å²) in [6.45, 7) is 3.54. The monoisotopic (exact) mass is 323 g/mol. The van der Waals surface area contributed by atoms with E-state index in [1.807, 2.05) is 22.6 Å². The van der Waals surface area contributed by atoms with Crippen molar-refractivity contribution in [2.45, 2.75) is 13.8 Å². The Morgan fingerprint density at radius 2 is 2.13 bits per heavy atom. The van der Waals surface area contributed by atoms with Crippen LogP contribution < -0.4 is 0 Å². The third-order valence-corrected chi connectivity index (χ3v) is 2.71. The first kappa shape index (κ1) is 12.0. The third-order valence-electron chi connectivity index (χ3n) is 1.90. The summed E-state index contributed by atoms with van der Waals surface area (Å²) in [5, 5.41) is 8.83. The van der Waals surface area contributed by atoms with Crippen molar-refractivity contribution in [2.75, 3.05) is 6.61 Å². The maximum Gasteiger partial charge on any atom is 0.352 e. The van der Waals surface area contributed by atoms with Gasteiger partial charge in [-0.05, 0) is 42.0 Å². The molecule has 1 aromatic heterocycles. The standard InChI is InChI=1S/C9H10INO4/c1-3-15-9(14)5-4(2)6(8(12)13)11-7(5)10/h11H,3H2,1-2H3,(H,12,13). The fourth-order valence-electron chi connectivity index (χ4n) is 1.22. The van der Waals surface area contributed by atoms with Crippen molar-refractivity contribution in [3.63, 3.8) is 0 Å². The summed E-state index contributed by atoms with van der Waals surface area (Å²) in [5.41, 5.74) is 0.739. The Hall–Kier alpha value is -1.05. The average Bonchev–Trinajstić information content (AvgIpc) is 2.42. The van der Waals surface area contributed by atoms with E-state index in [-0.39, 0.29) is 12.3 Å². The van der Waals surface area contributed by atoms with Gasteiger partial charge in [-0.1, -0.05) is 0 Å². The Morgan fingerprint density at radius 3 is 2.53 bits per heavy atom. The number of H-pyrrole nitrogens is 1. The molecule has 0 atom stereocenters. The van der Waals surface area contributed by atoms with Crippen LogP contribution in [0.25, 0.3) is 0 Å². The second kappa shape index (κ2) is 4.65. The second-order valence-electron chi connectivity index (χ2n) is 2.84. The molecule has 0 spiro atoms. The van der Waals surface area contributed by atoms with Crippen LogP contribution in [0.4, 0.5) is 0 Å². The van der Waals surface area contributed by atoms with E-state index < -0.39 is 11.9 Å². The minimum Gasteiger partial charge on any atom is -0.477 e. The zero-order chi connectivity index (χ0) is 11.6. The van der Waals surface area contributed by atoms with Gasteiger partial charge < -0.3 is 14.8 Å². The molecule has 1 rings (SSSR count). The van der Waals surface area contributed by atoms with Crippen LogP contribution in [0.2, 0.25) is 0 Å². The number of aromatic nitrogens is 1. The molecule has 2 N–H and O–H groups in total. The van der Waals surface area contributed by atoms with Crippen LogP contribution in [-0.2, 0) is 4.74 Å². The fraction of sp³-hybridized carbons (Fsp3) is 0.333. The predicted molar refractivity (Wildman–Crippen MR) is 61.2 cm³/mol. The topological polar surface area (TPSA) is 79.4 Å². The van der Waals surface area contributed by atoms with Gasteiger partial charge >= 0.3 is 11.9 Å². The van der Waals surface area contributed by atoms with Gasteiger partial charge in [0.2, 0.25) is 0 Å². The smallest absolute Gasteiger partial charge is 0.352 e. The molecule has 1 heterocycles. The zero-order valence-electron chi connectivity index (χ0n) is 8.26. The lowest BCUT2D eigenvalue weighted by atomic mass is 10.2. The van der Waals surface area contributed by atoms with Gasteiger partial charge in [-0.15, -0.1) is 0 Å². The number of nitrogens with one attached hydrogen (secondary N) is 1. The lowest BCUT2D eigenvalue weighted by molar-refractivity contribution is 0.0524. The quantitative estimate of drug-likeness (QED) is 0.657. The first-order valence-corrected chi connectivity index (χ1v) is 5.35. The van der Waals surface area contributed by atoms with Crippen LogP contribution in [0.3, 0.4) is 0 Å². The van der Waals surface area contributed by atoms with Gasteiger partial charge in [0.1, 0.15) is 5.69 Å².